The van der Waals surface area contributed by atoms with Crippen LogP contribution in [0, 0.1) is 10.1 Å². The quantitative estimate of drug-likeness (QED) is 0.515. The van der Waals surface area contributed by atoms with E-state index in [0.717, 1.165) is 6.42 Å². The Morgan fingerprint density at radius 3 is 2.48 bits per heavy atom. The smallest absolute Gasteiger partial charge is 0.310 e. The predicted octanol–water partition coefficient (Wildman–Crippen LogP) is 2.41. The number of ether oxygens (including phenoxy) is 1. The van der Waals surface area contributed by atoms with Crippen molar-refractivity contribution in [3.63, 3.8) is 0 Å². The van der Waals surface area contributed by atoms with Crippen LogP contribution in [0.4, 0.5) is 5.69 Å². The van der Waals surface area contributed by atoms with E-state index in [1.54, 1.807) is 4.90 Å². The standard InChI is InChI=1S/C16H25N3O4/c1-5-9-18(6-2)16(20)13-7-8-14(19(21)22)15(12-13)23-11-10-17(3)4/h7-8,12H,5-6,9-11H2,1-4H3. The topological polar surface area (TPSA) is 75.9 Å². The van der Waals surface area contributed by atoms with Crippen molar-refractivity contribution in [1.82, 2.24) is 9.80 Å². The monoisotopic (exact) mass is 323 g/mol. The van der Waals surface area contributed by atoms with Crippen LogP contribution in [0.25, 0.3) is 0 Å². The summed E-state index contributed by atoms with van der Waals surface area (Å²) in [6.45, 7) is 6.11. The normalized spacial score (nSPS) is 10.7. The zero-order valence-electron chi connectivity index (χ0n) is 14.2. The number of likely N-dealkylation sites (N-methyl/N-ethyl adjacent to an activating group) is 1. The van der Waals surface area contributed by atoms with Gasteiger partial charge in [0.15, 0.2) is 5.75 Å². The van der Waals surface area contributed by atoms with Crippen LogP contribution in [-0.4, -0.2) is 61.0 Å². The third-order valence-electron chi connectivity index (χ3n) is 3.36. The van der Waals surface area contributed by atoms with E-state index in [9.17, 15) is 14.9 Å². The highest BCUT2D eigenvalue weighted by atomic mass is 16.6. The Kier molecular flexibility index (Phi) is 7.47. The summed E-state index contributed by atoms with van der Waals surface area (Å²) in [5.74, 6) is -0.00282. The van der Waals surface area contributed by atoms with Gasteiger partial charge in [0.2, 0.25) is 0 Å². The molecule has 128 valence electrons. The number of hydrogen-bond acceptors (Lipinski definition) is 5. The maximum Gasteiger partial charge on any atom is 0.310 e. The van der Waals surface area contributed by atoms with E-state index >= 15 is 0 Å². The van der Waals surface area contributed by atoms with Gasteiger partial charge in [0.1, 0.15) is 6.61 Å². The molecule has 0 aromatic heterocycles. The molecule has 0 aliphatic carbocycles. The Labute approximate surface area is 137 Å². The number of nitrogens with zero attached hydrogens (tertiary/aromatic N) is 3. The summed E-state index contributed by atoms with van der Waals surface area (Å²) in [6.07, 6.45) is 0.860. The van der Waals surface area contributed by atoms with Crippen LogP contribution < -0.4 is 4.74 Å². The fourth-order valence-corrected chi connectivity index (χ4v) is 2.11. The largest absolute Gasteiger partial charge is 0.485 e. The summed E-state index contributed by atoms with van der Waals surface area (Å²) in [6, 6.07) is 4.28. The number of carbonyl (C=O) groups is 1. The van der Waals surface area contributed by atoms with Gasteiger partial charge in [-0.3, -0.25) is 14.9 Å². The van der Waals surface area contributed by atoms with E-state index in [1.807, 2.05) is 32.8 Å². The van der Waals surface area contributed by atoms with E-state index in [2.05, 4.69) is 0 Å². The molecule has 7 nitrogen and oxygen atoms in total. The van der Waals surface area contributed by atoms with Crippen molar-refractivity contribution >= 4 is 11.6 Å². The maximum atomic E-state index is 12.5. The Morgan fingerprint density at radius 1 is 1.26 bits per heavy atom. The summed E-state index contributed by atoms with van der Waals surface area (Å²) in [7, 11) is 3.78. The van der Waals surface area contributed by atoms with E-state index in [0.29, 0.717) is 31.8 Å². The van der Waals surface area contributed by atoms with Gasteiger partial charge in [0, 0.05) is 37.3 Å². The molecule has 7 heteroatoms. The van der Waals surface area contributed by atoms with Gasteiger partial charge in [-0.15, -0.1) is 0 Å². The van der Waals surface area contributed by atoms with Gasteiger partial charge < -0.3 is 14.5 Å². The number of nitro benzene ring substituents is 1. The fraction of sp³-hybridized carbons (Fsp3) is 0.562. The molecule has 0 bridgehead atoms. The zero-order chi connectivity index (χ0) is 17.4. The summed E-state index contributed by atoms with van der Waals surface area (Å²) < 4.78 is 5.52. The SMILES string of the molecule is CCCN(CC)C(=O)c1ccc([N+](=O)[O-])c(OCCN(C)C)c1. The summed E-state index contributed by atoms with van der Waals surface area (Å²) in [5.41, 5.74) is 0.282. The first kappa shape index (κ1) is 18.9. The van der Waals surface area contributed by atoms with Crippen LogP contribution in [0.15, 0.2) is 18.2 Å². The van der Waals surface area contributed by atoms with Crippen molar-refractivity contribution in [2.75, 3.05) is 40.3 Å². The van der Waals surface area contributed by atoms with Crippen molar-refractivity contribution in [2.24, 2.45) is 0 Å². The number of amides is 1. The molecule has 1 rings (SSSR count). The summed E-state index contributed by atoms with van der Waals surface area (Å²) in [5, 5.41) is 11.1. The molecule has 0 saturated heterocycles. The first-order valence-electron chi connectivity index (χ1n) is 7.75. The van der Waals surface area contributed by atoms with E-state index in [4.69, 9.17) is 4.74 Å². The molecule has 0 aliphatic heterocycles. The van der Waals surface area contributed by atoms with Crippen LogP contribution >= 0.6 is 0 Å². The lowest BCUT2D eigenvalue weighted by molar-refractivity contribution is -0.385. The molecule has 0 atom stereocenters. The number of carbonyl (C=O) groups excluding carboxylic acids is 1. The van der Waals surface area contributed by atoms with Crippen molar-refractivity contribution < 1.29 is 14.5 Å². The predicted molar refractivity (Wildman–Crippen MR) is 89.0 cm³/mol. The van der Waals surface area contributed by atoms with Crippen molar-refractivity contribution in [2.45, 2.75) is 20.3 Å². The minimum Gasteiger partial charge on any atom is -0.485 e. The molecule has 1 aromatic carbocycles. The molecule has 0 heterocycles. The van der Waals surface area contributed by atoms with Crippen molar-refractivity contribution in [3.05, 3.63) is 33.9 Å². The fourth-order valence-electron chi connectivity index (χ4n) is 2.11. The van der Waals surface area contributed by atoms with E-state index in [1.165, 1.54) is 18.2 Å². The second-order valence-electron chi connectivity index (χ2n) is 5.48. The van der Waals surface area contributed by atoms with Gasteiger partial charge in [-0.25, -0.2) is 0 Å². The Balaban J connectivity index is 3.02. The number of nitro groups is 1. The molecule has 0 saturated carbocycles. The molecule has 0 aliphatic rings. The zero-order valence-corrected chi connectivity index (χ0v) is 14.2. The first-order valence-corrected chi connectivity index (χ1v) is 7.75. The lowest BCUT2D eigenvalue weighted by atomic mass is 10.1. The lowest BCUT2D eigenvalue weighted by Gasteiger charge is -2.20. The summed E-state index contributed by atoms with van der Waals surface area (Å²) >= 11 is 0. The minimum atomic E-state index is -0.497. The van der Waals surface area contributed by atoms with Gasteiger partial charge in [0.25, 0.3) is 5.91 Å². The van der Waals surface area contributed by atoms with E-state index < -0.39 is 4.92 Å². The molecule has 23 heavy (non-hydrogen) atoms. The molecule has 0 unspecified atom stereocenters. The minimum absolute atomic E-state index is 0.126. The Morgan fingerprint density at radius 2 is 1.96 bits per heavy atom. The molecule has 0 N–H and O–H groups in total. The van der Waals surface area contributed by atoms with Crippen LogP contribution in [0.2, 0.25) is 0 Å². The molecule has 0 fully saturated rings. The van der Waals surface area contributed by atoms with Crippen molar-refractivity contribution in [1.29, 1.82) is 0 Å². The van der Waals surface area contributed by atoms with E-state index in [-0.39, 0.29) is 17.3 Å². The maximum absolute atomic E-state index is 12.5. The van der Waals surface area contributed by atoms with Crippen LogP contribution in [0.1, 0.15) is 30.6 Å². The second-order valence-corrected chi connectivity index (χ2v) is 5.48. The highest BCUT2D eigenvalue weighted by Crippen LogP contribution is 2.28. The van der Waals surface area contributed by atoms with Gasteiger partial charge in [0.05, 0.1) is 4.92 Å². The molecular formula is C16H25N3O4. The molecule has 0 radical (unpaired) electrons. The third kappa shape index (κ3) is 5.52. The molecule has 1 amide bonds. The first-order chi connectivity index (χ1) is 10.9. The molecular weight excluding hydrogens is 298 g/mol. The van der Waals surface area contributed by atoms with Gasteiger partial charge in [-0.05, 0) is 33.5 Å². The Hall–Kier alpha value is -2.15. The van der Waals surface area contributed by atoms with Gasteiger partial charge >= 0.3 is 5.69 Å². The average Bonchev–Trinajstić information content (AvgIpc) is 2.51. The lowest BCUT2D eigenvalue weighted by Crippen LogP contribution is -2.31. The number of rotatable bonds is 9. The summed E-state index contributed by atoms with van der Waals surface area (Å²) in [4.78, 5) is 26.7. The number of benzene rings is 1. The van der Waals surface area contributed by atoms with Crippen LogP contribution in [0.3, 0.4) is 0 Å². The van der Waals surface area contributed by atoms with Gasteiger partial charge in [-0.2, -0.15) is 0 Å². The van der Waals surface area contributed by atoms with Crippen LogP contribution in [0.5, 0.6) is 5.75 Å². The average molecular weight is 323 g/mol. The highest BCUT2D eigenvalue weighted by molar-refractivity contribution is 5.95. The second kappa shape index (κ2) is 9.09. The Bertz CT molecular complexity index is 546. The van der Waals surface area contributed by atoms with Gasteiger partial charge in [-0.1, -0.05) is 6.92 Å². The third-order valence-corrected chi connectivity index (χ3v) is 3.36. The molecule has 0 spiro atoms. The van der Waals surface area contributed by atoms with Crippen LogP contribution in [-0.2, 0) is 0 Å². The molecule has 1 aromatic rings. The van der Waals surface area contributed by atoms with Crippen molar-refractivity contribution in [3.8, 4) is 5.75 Å². The number of hydrogen-bond donors (Lipinski definition) is 0. The highest BCUT2D eigenvalue weighted by Gasteiger charge is 2.20.